The van der Waals surface area contributed by atoms with E-state index in [2.05, 4.69) is 18.8 Å². The van der Waals surface area contributed by atoms with Crippen LogP contribution in [0.25, 0.3) is 0 Å². The molecule has 5 atom stereocenters. The van der Waals surface area contributed by atoms with Gasteiger partial charge in [-0.25, -0.2) is 0 Å². The molecule has 1 aliphatic carbocycles. The number of rotatable bonds is 8. The zero-order valence-electron chi connectivity index (χ0n) is 13.3. The first kappa shape index (κ1) is 17.8. The van der Waals surface area contributed by atoms with Gasteiger partial charge in [0.05, 0.1) is 18.0 Å². The molecule has 1 unspecified atom stereocenters. The summed E-state index contributed by atoms with van der Waals surface area (Å²) in [6.07, 6.45) is 4.96. The van der Waals surface area contributed by atoms with E-state index in [0.29, 0.717) is 18.8 Å². The SMILES string of the molecule is CC=NC(C(CC)CC)[C@H]1[C@H](CC(=N)N)C[C@H](C=O)[C@H]1O. The van der Waals surface area contributed by atoms with Gasteiger partial charge in [0.15, 0.2) is 0 Å². The van der Waals surface area contributed by atoms with Crippen molar-refractivity contribution in [2.75, 3.05) is 0 Å². The maximum atomic E-state index is 11.2. The second kappa shape index (κ2) is 8.27. The zero-order valence-corrected chi connectivity index (χ0v) is 13.3. The van der Waals surface area contributed by atoms with Gasteiger partial charge in [-0.15, -0.1) is 0 Å². The van der Waals surface area contributed by atoms with Crippen molar-refractivity contribution in [3.63, 3.8) is 0 Å². The van der Waals surface area contributed by atoms with Crippen molar-refractivity contribution in [2.24, 2.45) is 34.4 Å². The third-order valence-corrected chi connectivity index (χ3v) is 4.86. The number of hydrogen-bond donors (Lipinski definition) is 3. The van der Waals surface area contributed by atoms with Gasteiger partial charge in [0.1, 0.15) is 6.29 Å². The van der Waals surface area contributed by atoms with Crippen molar-refractivity contribution in [2.45, 2.75) is 58.6 Å². The molecule has 0 aromatic rings. The van der Waals surface area contributed by atoms with Gasteiger partial charge in [-0.05, 0) is 31.4 Å². The van der Waals surface area contributed by atoms with Gasteiger partial charge in [0.2, 0.25) is 0 Å². The number of aliphatic hydroxyl groups is 1. The van der Waals surface area contributed by atoms with E-state index in [9.17, 15) is 9.90 Å². The summed E-state index contributed by atoms with van der Waals surface area (Å²) in [7, 11) is 0. The monoisotopic (exact) mass is 295 g/mol. The van der Waals surface area contributed by atoms with Crippen molar-refractivity contribution in [3.05, 3.63) is 0 Å². The van der Waals surface area contributed by atoms with Crippen LogP contribution in [0, 0.1) is 29.1 Å². The molecule has 1 aliphatic rings. The lowest BCUT2D eigenvalue weighted by atomic mass is 9.77. The molecule has 0 radical (unpaired) electrons. The minimum atomic E-state index is -0.679. The summed E-state index contributed by atoms with van der Waals surface area (Å²) >= 11 is 0. The molecule has 4 N–H and O–H groups in total. The van der Waals surface area contributed by atoms with Crippen molar-refractivity contribution in [1.82, 2.24) is 0 Å². The standard InChI is InChI=1S/C16H29N3O2/c1-4-10(5-2)15(19-6-3)14-11(8-13(17)18)7-12(9-20)16(14)21/h6,9-12,14-16,21H,4-5,7-8H2,1-3H3,(H3,17,18)/t11-,12+,14+,15?,16+/m0/s1. The Bertz CT molecular complexity index is 380. The predicted octanol–water partition coefficient (Wildman–Crippen LogP) is 2.02. The molecule has 1 saturated carbocycles. The minimum Gasteiger partial charge on any atom is -0.392 e. The minimum absolute atomic E-state index is 0.00528. The Morgan fingerprint density at radius 2 is 2.10 bits per heavy atom. The number of aliphatic hydroxyl groups excluding tert-OH is 1. The molecule has 0 aliphatic heterocycles. The summed E-state index contributed by atoms with van der Waals surface area (Å²) < 4.78 is 0. The molecular formula is C16H29N3O2. The average Bonchev–Trinajstić information content (AvgIpc) is 2.74. The number of hydrogen-bond acceptors (Lipinski definition) is 4. The number of nitrogens with zero attached hydrogens (tertiary/aromatic N) is 1. The Kier molecular flexibility index (Phi) is 7.02. The third-order valence-electron chi connectivity index (χ3n) is 4.86. The summed E-state index contributed by atoms with van der Waals surface area (Å²) in [5, 5.41) is 18.1. The third kappa shape index (κ3) is 4.13. The van der Waals surface area contributed by atoms with Crippen molar-refractivity contribution in [1.29, 1.82) is 5.41 Å². The smallest absolute Gasteiger partial charge is 0.125 e. The van der Waals surface area contributed by atoms with E-state index >= 15 is 0 Å². The van der Waals surface area contributed by atoms with Crippen molar-refractivity contribution >= 4 is 18.3 Å². The van der Waals surface area contributed by atoms with Crippen LogP contribution >= 0.6 is 0 Å². The molecule has 21 heavy (non-hydrogen) atoms. The molecule has 0 amide bonds. The molecule has 5 heteroatoms. The average molecular weight is 295 g/mol. The topological polar surface area (TPSA) is 99.5 Å². The van der Waals surface area contributed by atoms with Gasteiger partial charge >= 0.3 is 0 Å². The molecule has 0 aromatic heterocycles. The quantitative estimate of drug-likeness (QED) is 0.363. The second-order valence-corrected chi connectivity index (χ2v) is 6.07. The fourth-order valence-corrected chi connectivity index (χ4v) is 3.81. The molecular weight excluding hydrogens is 266 g/mol. The fraction of sp³-hybridized carbons (Fsp3) is 0.812. The summed E-state index contributed by atoms with van der Waals surface area (Å²) in [6.45, 7) is 6.14. The van der Waals surface area contributed by atoms with Crippen LogP contribution in [0.15, 0.2) is 4.99 Å². The van der Waals surface area contributed by atoms with Crippen LogP contribution in [0.4, 0.5) is 0 Å². The fourth-order valence-electron chi connectivity index (χ4n) is 3.81. The molecule has 0 bridgehead atoms. The maximum absolute atomic E-state index is 11.2. The number of aldehydes is 1. The van der Waals surface area contributed by atoms with E-state index in [0.717, 1.165) is 19.1 Å². The van der Waals surface area contributed by atoms with Gasteiger partial charge in [-0.2, -0.15) is 0 Å². The van der Waals surface area contributed by atoms with E-state index in [4.69, 9.17) is 11.1 Å². The van der Waals surface area contributed by atoms with E-state index in [1.807, 2.05) is 6.92 Å². The first-order chi connectivity index (χ1) is 9.99. The first-order valence-corrected chi connectivity index (χ1v) is 7.94. The lowest BCUT2D eigenvalue weighted by molar-refractivity contribution is -0.113. The van der Waals surface area contributed by atoms with Gasteiger partial charge in [-0.3, -0.25) is 10.4 Å². The largest absolute Gasteiger partial charge is 0.392 e. The number of aliphatic imine (C=N–C) groups is 1. The lowest BCUT2D eigenvalue weighted by Crippen LogP contribution is -2.38. The van der Waals surface area contributed by atoms with Gasteiger partial charge < -0.3 is 15.6 Å². The Morgan fingerprint density at radius 1 is 1.48 bits per heavy atom. The highest BCUT2D eigenvalue weighted by molar-refractivity contribution is 5.77. The molecule has 0 aromatic carbocycles. The van der Waals surface area contributed by atoms with Crippen LogP contribution in [0.1, 0.15) is 46.5 Å². The zero-order chi connectivity index (χ0) is 16.0. The van der Waals surface area contributed by atoms with Crippen LogP contribution < -0.4 is 5.73 Å². The normalized spacial score (nSPS) is 30.9. The highest BCUT2D eigenvalue weighted by atomic mass is 16.3. The van der Waals surface area contributed by atoms with Gasteiger partial charge in [0.25, 0.3) is 0 Å². The second-order valence-electron chi connectivity index (χ2n) is 6.07. The highest BCUT2D eigenvalue weighted by Crippen LogP contribution is 2.43. The maximum Gasteiger partial charge on any atom is 0.125 e. The molecule has 5 nitrogen and oxygen atoms in total. The molecule has 1 fully saturated rings. The van der Waals surface area contributed by atoms with E-state index in [-0.39, 0.29) is 29.6 Å². The van der Waals surface area contributed by atoms with Gasteiger partial charge in [0, 0.05) is 18.3 Å². The Balaban J connectivity index is 3.09. The summed E-state index contributed by atoms with van der Waals surface area (Å²) in [5.41, 5.74) is 5.56. The Morgan fingerprint density at radius 3 is 2.52 bits per heavy atom. The first-order valence-electron chi connectivity index (χ1n) is 7.94. The van der Waals surface area contributed by atoms with Crippen LogP contribution in [0.5, 0.6) is 0 Å². The number of nitrogens with two attached hydrogens (primary N) is 1. The summed E-state index contributed by atoms with van der Waals surface area (Å²) in [5.74, 6) is 0.101. The number of nitrogens with one attached hydrogen (secondary N) is 1. The highest BCUT2D eigenvalue weighted by Gasteiger charge is 2.47. The van der Waals surface area contributed by atoms with E-state index < -0.39 is 6.10 Å². The van der Waals surface area contributed by atoms with Gasteiger partial charge in [-0.1, -0.05) is 26.7 Å². The molecule has 0 spiro atoms. The van der Waals surface area contributed by atoms with Crippen LogP contribution in [-0.4, -0.2) is 35.6 Å². The Labute approximate surface area is 127 Å². The molecule has 120 valence electrons. The number of carbonyl (C=O) groups is 1. The predicted molar refractivity (Wildman–Crippen MR) is 85.7 cm³/mol. The number of amidine groups is 1. The van der Waals surface area contributed by atoms with Crippen molar-refractivity contribution < 1.29 is 9.90 Å². The molecule has 0 saturated heterocycles. The summed E-state index contributed by atoms with van der Waals surface area (Å²) in [6, 6.07) is -0.00528. The molecule has 1 rings (SSSR count). The van der Waals surface area contributed by atoms with E-state index in [1.54, 1.807) is 6.21 Å². The van der Waals surface area contributed by atoms with E-state index in [1.165, 1.54) is 0 Å². The van der Waals surface area contributed by atoms with Crippen LogP contribution in [-0.2, 0) is 4.79 Å². The lowest BCUT2D eigenvalue weighted by Gasteiger charge is -2.33. The van der Waals surface area contributed by atoms with Crippen LogP contribution in [0.2, 0.25) is 0 Å². The van der Waals surface area contributed by atoms with Crippen molar-refractivity contribution in [3.8, 4) is 0 Å². The Hall–Kier alpha value is -1.23. The van der Waals surface area contributed by atoms with Crippen LogP contribution in [0.3, 0.4) is 0 Å². The molecule has 0 heterocycles. The summed E-state index contributed by atoms with van der Waals surface area (Å²) in [4.78, 5) is 15.8. The number of carbonyl (C=O) groups excluding carboxylic acids is 1.